The van der Waals surface area contributed by atoms with Crippen LogP contribution in [0, 0.1) is 11.7 Å². The van der Waals surface area contributed by atoms with Gasteiger partial charge in [0.05, 0.1) is 6.10 Å². The number of halogens is 1. The largest absolute Gasteiger partial charge is 0.389 e. The highest BCUT2D eigenvalue weighted by atomic mass is 19.1. The smallest absolute Gasteiger partial charge is 0.131 e. The van der Waals surface area contributed by atoms with Gasteiger partial charge in [0.25, 0.3) is 0 Å². The van der Waals surface area contributed by atoms with Crippen LogP contribution < -0.4 is 4.90 Å². The molecule has 0 aliphatic carbocycles. The molecule has 0 aromatic heterocycles. The second-order valence-corrected chi connectivity index (χ2v) is 5.49. The maximum Gasteiger partial charge on any atom is 0.131 e. The van der Waals surface area contributed by atoms with E-state index in [0.717, 1.165) is 12.2 Å². The molecule has 1 aromatic carbocycles. The second-order valence-electron chi connectivity index (χ2n) is 5.49. The number of aliphatic hydroxyl groups excluding tert-OH is 1. The van der Waals surface area contributed by atoms with E-state index in [4.69, 9.17) is 0 Å². The highest BCUT2D eigenvalue weighted by molar-refractivity contribution is 5.55. The summed E-state index contributed by atoms with van der Waals surface area (Å²) in [6.07, 6.45) is -0.797. The van der Waals surface area contributed by atoms with Gasteiger partial charge in [-0.2, -0.15) is 0 Å². The lowest BCUT2D eigenvalue weighted by molar-refractivity contribution is 0.194. The first-order valence-corrected chi connectivity index (χ1v) is 6.57. The van der Waals surface area contributed by atoms with Gasteiger partial charge in [-0.25, -0.2) is 4.39 Å². The average molecular weight is 253 g/mol. The van der Waals surface area contributed by atoms with E-state index in [1.807, 2.05) is 6.07 Å². The van der Waals surface area contributed by atoms with E-state index < -0.39 is 6.10 Å². The van der Waals surface area contributed by atoms with Crippen molar-refractivity contribution in [3.05, 3.63) is 29.6 Å². The van der Waals surface area contributed by atoms with E-state index in [1.165, 1.54) is 6.07 Å². The molecule has 0 radical (unpaired) electrons. The Kier molecular flexibility index (Phi) is 5.15. The lowest BCUT2D eigenvalue weighted by Crippen LogP contribution is -2.35. The zero-order valence-electron chi connectivity index (χ0n) is 11.9. The van der Waals surface area contributed by atoms with Crippen molar-refractivity contribution < 1.29 is 9.50 Å². The fraction of sp³-hybridized carbons (Fsp3) is 0.600. The zero-order valence-corrected chi connectivity index (χ0v) is 11.9. The van der Waals surface area contributed by atoms with Gasteiger partial charge in [0.2, 0.25) is 0 Å². The first kappa shape index (κ1) is 15.0. The van der Waals surface area contributed by atoms with Crippen LogP contribution in [0.1, 0.15) is 46.3 Å². The Morgan fingerprint density at radius 1 is 1.17 bits per heavy atom. The van der Waals surface area contributed by atoms with Crippen molar-refractivity contribution in [2.45, 2.75) is 46.8 Å². The highest BCUT2D eigenvalue weighted by Crippen LogP contribution is 2.30. The minimum absolute atomic E-state index is 0.270. The third-order valence-electron chi connectivity index (χ3n) is 2.94. The van der Waals surface area contributed by atoms with Crippen LogP contribution >= 0.6 is 0 Å². The molecule has 0 heterocycles. The summed E-state index contributed by atoms with van der Waals surface area (Å²) in [7, 11) is 0. The standard InChI is InChI=1S/C15H24FNO/c1-10(2)9-17(11(3)4)14-8-6-7-13(16)15(14)12(5)18/h6-8,10-12,18H,9H2,1-5H3. The number of benzene rings is 1. The maximum atomic E-state index is 13.9. The molecule has 0 amide bonds. The van der Waals surface area contributed by atoms with Gasteiger partial charge in [0.1, 0.15) is 5.82 Å². The van der Waals surface area contributed by atoms with Gasteiger partial charge in [0, 0.05) is 23.8 Å². The van der Waals surface area contributed by atoms with Gasteiger partial charge < -0.3 is 10.0 Å². The lowest BCUT2D eigenvalue weighted by Gasteiger charge is -2.33. The Hall–Kier alpha value is -1.09. The van der Waals surface area contributed by atoms with Gasteiger partial charge in [-0.05, 0) is 38.8 Å². The Morgan fingerprint density at radius 3 is 2.22 bits per heavy atom. The number of hydrogen-bond donors (Lipinski definition) is 1. The van der Waals surface area contributed by atoms with Crippen LogP contribution in [0.2, 0.25) is 0 Å². The SMILES string of the molecule is CC(C)CN(c1cccc(F)c1C(C)O)C(C)C. The summed E-state index contributed by atoms with van der Waals surface area (Å²) < 4.78 is 13.9. The van der Waals surface area contributed by atoms with E-state index in [0.29, 0.717) is 11.5 Å². The molecule has 0 saturated heterocycles. The third-order valence-corrected chi connectivity index (χ3v) is 2.94. The highest BCUT2D eigenvalue weighted by Gasteiger charge is 2.20. The average Bonchev–Trinajstić information content (AvgIpc) is 2.24. The fourth-order valence-corrected chi connectivity index (χ4v) is 2.17. The maximum absolute atomic E-state index is 13.9. The molecule has 102 valence electrons. The van der Waals surface area contributed by atoms with Crippen LogP contribution in [0.4, 0.5) is 10.1 Å². The minimum Gasteiger partial charge on any atom is -0.389 e. The molecule has 0 aliphatic rings. The minimum atomic E-state index is -0.797. The van der Waals surface area contributed by atoms with Gasteiger partial charge in [-0.15, -0.1) is 0 Å². The van der Waals surface area contributed by atoms with Crippen molar-refractivity contribution >= 4 is 5.69 Å². The number of hydrogen-bond acceptors (Lipinski definition) is 2. The Balaban J connectivity index is 3.23. The van der Waals surface area contributed by atoms with Crippen LogP contribution in [0.15, 0.2) is 18.2 Å². The van der Waals surface area contributed by atoms with Crippen LogP contribution in [0.3, 0.4) is 0 Å². The first-order chi connectivity index (χ1) is 8.34. The van der Waals surface area contributed by atoms with Gasteiger partial charge in [0.15, 0.2) is 0 Å². The zero-order chi connectivity index (χ0) is 13.9. The molecular formula is C15H24FNO. The summed E-state index contributed by atoms with van der Waals surface area (Å²) in [5.74, 6) is 0.148. The van der Waals surface area contributed by atoms with Crippen LogP contribution in [-0.4, -0.2) is 17.7 Å². The van der Waals surface area contributed by atoms with E-state index in [1.54, 1.807) is 13.0 Å². The summed E-state index contributed by atoms with van der Waals surface area (Å²) in [5, 5.41) is 9.78. The van der Waals surface area contributed by atoms with Crippen molar-refractivity contribution in [1.82, 2.24) is 0 Å². The van der Waals surface area contributed by atoms with E-state index in [-0.39, 0.29) is 11.9 Å². The molecule has 18 heavy (non-hydrogen) atoms. The van der Waals surface area contributed by atoms with E-state index in [9.17, 15) is 9.50 Å². The van der Waals surface area contributed by atoms with Crippen LogP contribution in [-0.2, 0) is 0 Å². The number of rotatable bonds is 5. The second kappa shape index (κ2) is 6.19. The molecule has 2 nitrogen and oxygen atoms in total. The molecule has 0 aliphatic heterocycles. The molecule has 1 aromatic rings. The molecule has 1 rings (SSSR count). The Labute approximate surface area is 109 Å². The van der Waals surface area contributed by atoms with Crippen LogP contribution in [0.5, 0.6) is 0 Å². The number of anilines is 1. The molecule has 0 fully saturated rings. The summed E-state index contributed by atoms with van der Waals surface area (Å²) >= 11 is 0. The molecule has 0 saturated carbocycles. The molecule has 1 unspecified atom stereocenters. The Bertz CT molecular complexity index is 388. The van der Waals surface area contributed by atoms with E-state index in [2.05, 4.69) is 32.6 Å². The number of aliphatic hydroxyl groups is 1. The molecule has 0 spiro atoms. The fourth-order valence-electron chi connectivity index (χ4n) is 2.17. The monoisotopic (exact) mass is 253 g/mol. The molecule has 1 N–H and O–H groups in total. The summed E-state index contributed by atoms with van der Waals surface area (Å²) in [4.78, 5) is 2.15. The van der Waals surface area contributed by atoms with Crippen molar-refractivity contribution in [1.29, 1.82) is 0 Å². The number of nitrogens with zero attached hydrogens (tertiary/aromatic N) is 1. The van der Waals surface area contributed by atoms with Gasteiger partial charge in [-0.3, -0.25) is 0 Å². The van der Waals surface area contributed by atoms with Crippen molar-refractivity contribution in [2.75, 3.05) is 11.4 Å². The molecule has 1 atom stereocenters. The van der Waals surface area contributed by atoms with Gasteiger partial charge >= 0.3 is 0 Å². The lowest BCUT2D eigenvalue weighted by atomic mass is 10.0. The summed E-state index contributed by atoms with van der Waals surface area (Å²) in [5.41, 5.74) is 1.19. The quantitative estimate of drug-likeness (QED) is 0.864. The molecule has 0 bridgehead atoms. The first-order valence-electron chi connectivity index (χ1n) is 6.57. The molecule has 3 heteroatoms. The van der Waals surface area contributed by atoms with Crippen LogP contribution in [0.25, 0.3) is 0 Å². The molecular weight excluding hydrogens is 229 g/mol. The summed E-state index contributed by atoms with van der Waals surface area (Å²) in [6.45, 7) is 10.9. The van der Waals surface area contributed by atoms with Gasteiger partial charge in [-0.1, -0.05) is 19.9 Å². The van der Waals surface area contributed by atoms with Crippen molar-refractivity contribution in [3.8, 4) is 0 Å². The van der Waals surface area contributed by atoms with Crippen molar-refractivity contribution in [2.24, 2.45) is 5.92 Å². The van der Waals surface area contributed by atoms with Crippen molar-refractivity contribution in [3.63, 3.8) is 0 Å². The summed E-state index contributed by atoms with van der Waals surface area (Å²) in [6, 6.07) is 5.26. The Morgan fingerprint density at radius 2 is 1.78 bits per heavy atom. The van der Waals surface area contributed by atoms with E-state index >= 15 is 0 Å². The third kappa shape index (κ3) is 3.45. The topological polar surface area (TPSA) is 23.5 Å². The predicted molar refractivity (Wildman–Crippen MR) is 74.4 cm³/mol. The normalized spacial score (nSPS) is 13.2. The predicted octanol–water partition coefficient (Wildman–Crippen LogP) is 3.75.